The lowest BCUT2D eigenvalue weighted by Crippen LogP contribution is -2.63. The molecule has 8 rings (SSSR count). The average molecular weight is 521 g/mol. The number of fused-ring (bicyclic) bond motifs is 3. The van der Waals surface area contributed by atoms with Crippen molar-refractivity contribution in [2.75, 3.05) is 12.4 Å². The van der Waals surface area contributed by atoms with Crippen LogP contribution < -0.4 is 5.32 Å². The van der Waals surface area contributed by atoms with Crippen LogP contribution in [-0.2, 0) is 19.9 Å². The number of nitrogens with zero attached hydrogens (tertiary/aromatic N) is 4. The second-order valence-corrected chi connectivity index (χ2v) is 13.1. The van der Waals surface area contributed by atoms with E-state index >= 15 is 0 Å². The van der Waals surface area contributed by atoms with Gasteiger partial charge in [-0.25, -0.2) is 4.98 Å². The van der Waals surface area contributed by atoms with Crippen LogP contribution in [0.1, 0.15) is 77.6 Å². The van der Waals surface area contributed by atoms with Crippen molar-refractivity contribution >= 4 is 39.6 Å². The lowest BCUT2D eigenvalue weighted by molar-refractivity contribution is -0.189. The molecule has 4 bridgehead atoms. The van der Waals surface area contributed by atoms with Crippen molar-refractivity contribution in [2.45, 2.75) is 94.8 Å². The van der Waals surface area contributed by atoms with Gasteiger partial charge in [-0.3, -0.25) is 19.4 Å². The predicted octanol–water partition coefficient (Wildman–Crippen LogP) is 3.84. The van der Waals surface area contributed by atoms with Gasteiger partial charge in [-0.05, 0) is 81.1 Å². The molecule has 3 heterocycles. The number of anilines is 1. The van der Waals surface area contributed by atoms with E-state index in [1.54, 1.807) is 13.3 Å². The molecule has 10 nitrogen and oxygen atoms in total. The summed E-state index contributed by atoms with van der Waals surface area (Å²) in [5.41, 5.74) is 0.914. The van der Waals surface area contributed by atoms with Gasteiger partial charge in [0.1, 0.15) is 5.52 Å². The van der Waals surface area contributed by atoms with Crippen LogP contribution in [0.15, 0.2) is 12.3 Å². The van der Waals surface area contributed by atoms with Crippen LogP contribution in [0.3, 0.4) is 0 Å². The SMILES string of the molecule is COC1CCC(CC(=O)C(=O)Nc2[nH]n(C34C[C@@H]5CC(O)(C3)C[C@@](C)(C5)C4)c3c2nnc2nccc23)CC1. The minimum atomic E-state index is -0.691. The van der Waals surface area contributed by atoms with Gasteiger partial charge in [0.05, 0.1) is 22.6 Å². The molecule has 0 radical (unpaired) electrons. The van der Waals surface area contributed by atoms with E-state index in [0.717, 1.165) is 68.7 Å². The fourth-order valence-corrected chi connectivity index (χ4v) is 9.09. The van der Waals surface area contributed by atoms with Crippen molar-refractivity contribution in [3.05, 3.63) is 12.3 Å². The third kappa shape index (κ3) is 3.78. The number of H-pyrrole nitrogens is 1. The van der Waals surface area contributed by atoms with Crippen LogP contribution >= 0.6 is 0 Å². The van der Waals surface area contributed by atoms with E-state index in [1.165, 1.54) is 0 Å². The number of rotatable bonds is 6. The van der Waals surface area contributed by atoms with Crippen LogP contribution in [0, 0.1) is 17.3 Å². The molecular formula is C28H36N6O4. The van der Waals surface area contributed by atoms with Crippen LogP contribution in [0.5, 0.6) is 0 Å². The van der Waals surface area contributed by atoms with Crippen molar-refractivity contribution in [3.63, 3.8) is 0 Å². The molecule has 5 aliphatic rings. The third-order valence-electron chi connectivity index (χ3n) is 9.94. The van der Waals surface area contributed by atoms with E-state index in [9.17, 15) is 14.7 Å². The first-order valence-corrected chi connectivity index (χ1v) is 14.0. The van der Waals surface area contributed by atoms with Crippen molar-refractivity contribution < 1.29 is 19.4 Å². The third-order valence-corrected chi connectivity index (χ3v) is 9.94. The Morgan fingerprint density at radius 2 is 1.97 bits per heavy atom. The molecule has 2 unspecified atom stereocenters. The van der Waals surface area contributed by atoms with Gasteiger partial charge in [0.2, 0.25) is 5.78 Å². The van der Waals surface area contributed by atoms with Gasteiger partial charge in [0.15, 0.2) is 17.0 Å². The molecule has 202 valence electrons. The van der Waals surface area contributed by atoms with Crippen molar-refractivity contribution in [1.82, 2.24) is 25.0 Å². The molecule has 1 amide bonds. The van der Waals surface area contributed by atoms with Gasteiger partial charge < -0.3 is 15.2 Å². The van der Waals surface area contributed by atoms with Gasteiger partial charge in [-0.1, -0.05) is 6.92 Å². The number of nitrogens with one attached hydrogen (secondary N) is 2. The molecule has 3 aromatic heterocycles. The number of ketones is 1. The Morgan fingerprint density at radius 1 is 1.16 bits per heavy atom. The summed E-state index contributed by atoms with van der Waals surface area (Å²) >= 11 is 0. The largest absolute Gasteiger partial charge is 0.390 e. The molecule has 0 saturated heterocycles. The number of aliphatic hydroxyl groups is 1. The lowest BCUT2D eigenvalue weighted by atomic mass is 9.46. The summed E-state index contributed by atoms with van der Waals surface area (Å²) in [5, 5.41) is 27.4. The van der Waals surface area contributed by atoms with Gasteiger partial charge in [0, 0.05) is 26.1 Å². The molecule has 0 aliphatic heterocycles. The van der Waals surface area contributed by atoms with E-state index in [0.29, 0.717) is 29.3 Å². The summed E-state index contributed by atoms with van der Waals surface area (Å²) in [6, 6.07) is 1.92. The molecule has 10 heteroatoms. The number of amides is 1. The number of aromatic nitrogens is 5. The Kier molecular flexibility index (Phi) is 5.30. The topological polar surface area (TPSA) is 135 Å². The number of ether oxygens (including phenoxy) is 1. The van der Waals surface area contributed by atoms with Gasteiger partial charge >= 0.3 is 0 Å². The average Bonchev–Trinajstić information content (AvgIpc) is 3.47. The summed E-state index contributed by atoms with van der Waals surface area (Å²) in [6.45, 7) is 2.30. The van der Waals surface area contributed by atoms with E-state index in [-0.39, 0.29) is 29.4 Å². The summed E-state index contributed by atoms with van der Waals surface area (Å²) in [6.07, 6.45) is 11.2. The standard InChI is InChI=1S/C28H36N6O4/c1-26-10-17-11-27(13-26,15-28(37,12-17)14-26)34-22-19-7-8-29-23(19)32-31-21(22)24(33-34)30-25(36)20(35)9-16-3-5-18(38-2)6-4-16/h7-8,16-18,33,37H,3-6,9-15H2,1-2H3,(H,30,36)/t16?,17-,18?,26+,27?,28?/m1/s1. The first-order valence-electron chi connectivity index (χ1n) is 14.0. The highest BCUT2D eigenvalue weighted by molar-refractivity contribution is 6.41. The predicted molar refractivity (Wildman–Crippen MR) is 140 cm³/mol. The zero-order valence-corrected chi connectivity index (χ0v) is 22.1. The van der Waals surface area contributed by atoms with Crippen molar-refractivity contribution in [2.24, 2.45) is 17.3 Å². The van der Waals surface area contributed by atoms with Gasteiger partial charge in [0.25, 0.3) is 5.91 Å². The number of methoxy groups -OCH3 is 1. The Labute approximate surface area is 220 Å². The van der Waals surface area contributed by atoms with E-state index in [1.807, 2.05) is 6.07 Å². The molecular weight excluding hydrogens is 484 g/mol. The van der Waals surface area contributed by atoms with E-state index < -0.39 is 17.3 Å². The maximum absolute atomic E-state index is 13.1. The first-order chi connectivity index (χ1) is 18.2. The maximum Gasteiger partial charge on any atom is 0.292 e. The quantitative estimate of drug-likeness (QED) is 0.420. The molecule has 4 atom stereocenters. The van der Waals surface area contributed by atoms with Crippen LogP contribution in [0.2, 0.25) is 0 Å². The highest BCUT2D eigenvalue weighted by atomic mass is 16.5. The maximum atomic E-state index is 13.1. The monoisotopic (exact) mass is 520 g/mol. The molecule has 0 aromatic carbocycles. The molecule has 3 aromatic rings. The molecule has 5 aliphatic carbocycles. The highest BCUT2D eigenvalue weighted by Crippen LogP contribution is 2.65. The van der Waals surface area contributed by atoms with Crippen molar-refractivity contribution in [1.29, 1.82) is 0 Å². The zero-order valence-electron chi connectivity index (χ0n) is 22.1. The molecule has 5 fully saturated rings. The van der Waals surface area contributed by atoms with Crippen molar-refractivity contribution in [3.8, 4) is 0 Å². The Bertz CT molecular complexity index is 1420. The summed E-state index contributed by atoms with van der Waals surface area (Å²) in [5.74, 6) is -0.0187. The summed E-state index contributed by atoms with van der Waals surface area (Å²) < 4.78 is 7.56. The molecule has 0 spiro atoms. The lowest BCUT2D eigenvalue weighted by Gasteiger charge is -2.64. The molecule has 5 saturated carbocycles. The van der Waals surface area contributed by atoms with Gasteiger partial charge in [-0.2, -0.15) is 0 Å². The second kappa shape index (κ2) is 8.32. The van der Waals surface area contributed by atoms with Crippen LogP contribution in [0.4, 0.5) is 5.82 Å². The first kappa shape index (κ1) is 24.2. The normalized spacial score (nSPS) is 36.2. The Morgan fingerprint density at radius 3 is 2.71 bits per heavy atom. The van der Waals surface area contributed by atoms with Gasteiger partial charge in [-0.15, -0.1) is 10.2 Å². The zero-order chi connectivity index (χ0) is 26.3. The van der Waals surface area contributed by atoms with E-state index in [4.69, 9.17) is 4.74 Å². The second-order valence-electron chi connectivity index (χ2n) is 13.1. The number of carbonyl (C=O) groups excluding carboxylic acids is 2. The number of carbonyl (C=O) groups is 2. The molecule has 3 N–H and O–H groups in total. The summed E-state index contributed by atoms with van der Waals surface area (Å²) in [7, 11) is 1.73. The van der Waals surface area contributed by atoms with E-state index in [2.05, 4.69) is 37.2 Å². The van der Waals surface area contributed by atoms with Crippen LogP contribution in [0.25, 0.3) is 22.1 Å². The van der Waals surface area contributed by atoms with Crippen LogP contribution in [-0.4, -0.2) is 60.6 Å². The highest BCUT2D eigenvalue weighted by Gasteiger charge is 2.62. The Hall–Kier alpha value is -2.85. The smallest absolute Gasteiger partial charge is 0.292 e. The fourth-order valence-electron chi connectivity index (χ4n) is 9.09. The number of hydrogen-bond acceptors (Lipinski definition) is 7. The minimum Gasteiger partial charge on any atom is -0.390 e. The number of aromatic amines is 1. The fraction of sp³-hybridized carbons (Fsp3) is 0.679. The number of Topliss-reactive ketones (excluding diaryl/α,β-unsaturated/α-hetero) is 1. The minimum absolute atomic E-state index is 0.0592. The number of hydrogen-bond donors (Lipinski definition) is 3. The Balaban J connectivity index is 1.23. The molecule has 38 heavy (non-hydrogen) atoms. The summed E-state index contributed by atoms with van der Waals surface area (Å²) in [4.78, 5) is 30.4.